The summed E-state index contributed by atoms with van der Waals surface area (Å²) in [4.78, 5) is 89.1. The topological polar surface area (TPSA) is 281 Å². The van der Waals surface area contributed by atoms with E-state index in [0.717, 1.165) is 28.8 Å². The van der Waals surface area contributed by atoms with Crippen LogP contribution in [0.3, 0.4) is 0 Å². The second kappa shape index (κ2) is 18.6. The van der Waals surface area contributed by atoms with E-state index in [1.54, 1.807) is 29.0 Å². The van der Waals surface area contributed by atoms with Crippen LogP contribution in [0.15, 0.2) is 105 Å². The van der Waals surface area contributed by atoms with Gasteiger partial charge in [-0.05, 0) is 61.4 Å². The zero-order chi connectivity index (χ0) is 45.6. The summed E-state index contributed by atoms with van der Waals surface area (Å²) < 4.78 is 15.4. The number of carbonyl (C=O) groups is 6. The number of aliphatic carboxylic acids is 2. The fraction of sp³-hybridized carbons (Fsp3) is 0.244. The Morgan fingerprint density at radius 2 is 1.85 bits per heavy atom. The SMILES string of the molecule is CC1(C(=O)O)C=C(SCC(=O)N[C@@H]2C(=O)N3C(C(=O)[O-])=C(C=C4CCN(Cc5cccc[n+]5CC(=O)Nc5ccc(O)c(F)c5)C4=O)CS[C@H]23)N2NC(c3ccc(O)c(O)c3)=NC2=N1.[Na]. The summed E-state index contributed by atoms with van der Waals surface area (Å²) in [6.07, 6.45) is 4.67. The van der Waals surface area contributed by atoms with Crippen molar-refractivity contribution in [2.75, 3.05) is 23.4 Å². The maximum Gasteiger partial charge on any atom is 0.335 e. The number of pyridine rings is 1. The van der Waals surface area contributed by atoms with E-state index in [0.29, 0.717) is 16.8 Å². The number of carboxylic acid groups (broad SMARTS) is 2. The van der Waals surface area contributed by atoms with Crippen molar-refractivity contribution >= 4 is 106 Å². The number of allylic oxidation sites excluding steroid dienone is 1. The third kappa shape index (κ3) is 9.40. The van der Waals surface area contributed by atoms with E-state index in [9.17, 15) is 58.7 Å². The van der Waals surface area contributed by atoms with Crippen LogP contribution in [0.25, 0.3) is 0 Å². The van der Waals surface area contributed by atoms with E-state index in [2.05, 4.69) is 26.0 Å². The van der Waals surface area contributed by atoms with Gasteiger partial charge in [0.25, 0.3) is 11.8 Å². The molecule has 65 heavy (non-hydrogen) atoms. The number of hydrogen-bond acceptors (Lipinski definition) is 16. The average Bonchev–Trinajstić information content (AvgIpc) is 3.84. The van der Waals surface area contributed by atoms with Gasteiger partial charge in [0.15, 0.2) is 40.6 Å². The summed E-state index contributed by atoms with van der Waals surface area (Å²) >= 11 is 2.11. The summed E-state index contributed by atoms with van der Waals surface area (Å²) in [5.74, 6) is -7.46. The molecule has 1 unspecified atom stereocenters. The van der Waals surface area contributed by atoms with Crippen LogP contribution in [-0.4, -0.2) is 147 Å². The standard InChI is InChI=1S/C41H36FN9O11S2.Na/c1-41(39(61)62)15-31(51-40(46-41)45-34(47-51)20-5-7-27(53)28(54)13-20)63-19-30(56)44-32-36(58)50-33(38(59)60)22(18-64-37(32)50)12-21-9-11-49(35(21)57)16-24-4-2-3-10-48(24)17-29(55)43-23-6-8-26(52)25(42)14-23;/h2-8,10,12-15,32,37H,9,11,16-19H2,1H3,(H7-,43,44,45,46,47,52,53,54,55,56,59,60,61,62);/t32-,37-,41?;/m1./s1. The number of thioether (sulfide) groups is 2. The van der Waals surface area contributed by atoms with Gasteiger partial charge in [0.2, 0.25) is 30.0 Å². The van der Waals surface area contributed by atoms with Gasteiger partial charge in [-0.15, -0.1) is 11.8 Å². The number of guanidine groups is 1. The summed E-state index contributed by atoms with van der Waals surface area (Å²) in [6.45, 7) is 1.55. The molecule has 331 valence electrons. The quantitative estimate of drug-likeness (QED) is 0.0287. The van der Waals surface area contributed by atoms with Crippen molar-refractivity contribution in [3.8, 4) is 17.2 Å². The van der Waals surface area contributed by atoms with Crippen molar-refractivity contribution in [1.29, 1.82) is 0 Å². The first-order chi connectivity index (χ1) is 30.5. The van der Waals surface area contributed by atoms with Gasteiger partial charge < -0.3 is 45.9 Å². The van der Waals surface area contributed by atoms with Gasteiger partial charge in [-0.25, -0.2) is 19.2 Å². The first-order valence-electron chi connectivity index (χ1n) is 19.3. The number of amides is 4. The maximum absolute atomic E-state index is 13.8. The van der Waals surface area contributed by atoms with Gasteiger partial charge in [0.1, 0.15) is 18.0 Å². The van der Waals surface area contributed by atoms with E-state index in [-0.39, 0.29) is 107 Å². The van der Waals surface area contributed by atoms with Crippen molar-refractivity contribution in [3.63, 3.8) is 0 Å². The summed E-state index contributed by atoms with van der Waals surface area (Å²) in [7, 11) is 0. The largest absolute Gasteiger partial charge is 0.543 e. The second-order valence-electron chi connectivity index (χ2n) is 15.0. The van der Waals surface area contributed by atoms with Crippen LogP contribution in [0.2, 0.25) is 0 Å². The Balaban J connectivity index is 0.00000630. The fourth-order valence-electron chi connectivity index (χ4n) is 7.32. The number of phenols is 3. The van der Waals surface area contributed by atoms with Crippen molar-refractivity contribution < 1.29 is 63.3 Å². The molecule has 5 aliphatic rings. The van der Waals surface area contributed by atoms with Gasteiger partial charge in [-0.3, -0.25) is 29.5 Å². The monoisotopic (exact) mass is 936 g/mol. The number of aromatic hydroxyl groups is 3. The number of β-lactam (4-membered cyclic amide) rings is 1. The number of fused-ring (bicyclic) bond motifs is 2. The number of carboxylic acids is 2. The Bertz CT molecular complexity index is 2730. The molecule has 3 atom stereocenters. The van der Waals surface area contributed by atoms with Gasteiger partial charge in [-0.2, -0.15) is 9.56 Å². The number of nitrogens with zero attached hydrogens (tertiary/aromatic N) is 6. The van der Waals surface area contributed by atoms with Crippen molar-refractivity contribution in [1.82, 2.24) is 25.6 Å². The molecule has 7 N–H and O–H groups in total. The number of halogens is 1. The normalized spacial score (nSPS) is 21.6. The zero-order valence-corrected chi connectivity index (χ0v) is 38.0. The molecule has 3 aromatic rings. The number of nitrogens with one attached hydrogen (secondary N) is 3. The minimum absolute atomic E-state index is 0. The molecular formula is C41H36FN9NaO11S2. The summed E-state index contributed by atoms with van der Waals surface area (Å²) in [5, 5.41) is 57.6. The molecule has 2 fully saturated rings. The van der Waals surface area contributed by atoms with Crippen LogP contribution >= 0.6 is 23.5 Å². The molecule has 1 aromatic heterocycles. The Kier molecular flexibility index (Phi) is 13.3. The second-order valence-corrected chi connectivity index (χ2v) is 17.1. The molecule has 2 saturated heterocycles. The van der Waals surface area contributed by atoms with Crippen LogP contribution in [0.1, 0.15) is 24.6 Å². The molecule has 8 rings (SSSR count). The van der Waals surface area contributed by atoms with Crippen molar-refractivity contribution in [2.24, 2.45) is 9.98 Å². The van der Waals surface area contributed by atoms with Gasteiger partial charge in [0.05, 0.1) is 22.4 Å². The van der Waals surface area contributed by atoms with Gasteiger partial charge >= 0.3 is 5.97 Å². The zero-order valence-electron chi connectivity index (χ0n) is 34.3. The van der Waals surface area contributed by atoms with Crippen LogP contribution in [0.4, 0.5) is 10.1 Å². The van der Waals surface area contributed by atoms with E-state index in [4.69, 9.17) is 0 Å². The molecule has 0 bridgehead atoms. The number of anilines is 1. The number of phenolic OH excluding ortho intramolecular Hbond substituents is 3. The smallest absolute Gasteiger partial charge is 0.335 e. The molecule has 2 aromatic carbocycles. The third-order valence-corrected chi connectivity index (χ3v) is 12.9. The minimum Gasteiger partial charge on any atom is -0.543 e. The number of carbonyl (C=O) groups excluding carboxylic acids is 5. The molecule has 5 aliphatic heterocycles. The molecule has 6 heterocycles. The van der Waals surface area contributed by atoms with Gasteiger partial charge in [0, 0.05) is 76.9 Å². The predicted octanol–water partition coefficient (Wildman–Crippen LogP) is -0.395. The number of amidine groups is 1. The molecule has 4 amide bonds. The van der Waals surface area contributed by atoms with Gasteiger partial charge in [-0.1, -0.05) is 17.8 Å². The van der Waals surface area contributed by atoms with E-state index in [1.807, 2.05) is 0 Å². The Labute approximate surface area is 398 Å². The van der Waals surface area contributed by atoms with E-state index < -0.39 is 69.6 Å². The minimum atomic E-state index is -1.77. The van der Waals surface area contributed by atoms with Crippen LogP contribution < -0.4 is 25.7 Å². The maximum atomic E-state index is 13.8. The first kappa shape index (κ1) is 46.6. The fourth-order valence-corrected chi connectivity index (χ4v) is 9.56. The molecule has 0 spiro atoms. The molecule has 20 nitrogen and oxygen atoms in total. The number of hydrogen-bond donors (Lipinski definition) is 7. The molecule has 1 radical (unpaired) electrons. The van der Waals surface area contributed by atoms with Crippen LogP contribution in [0.5, 0.6) is 17.2 Å². The summed E-state index contributed by atoms with van der Waals surface area (Å²) in [6, 6.07) is 11.5. The van der Waals surface area contributed by atoms with Crippen molar-refractivity contribution in [2.45, 2.75) is 43.4 Å². The molecule has 24 heteroatoms. The van der Waals surface area contributed by atoms with Crippen molar-refractivity contribution in [3.05, 3.63) is 112 Å². The predicted molar refractivity (Wildman–Crippen MR) is 230 cm³/mol. The van der Waals surface area contributed by atoms with Crippen LogP contribution in [-0.2, 0) is 41.9 Å². The Morgan fingerprint density at radius 3 is 2.57 bits per heavy atom. The van der Waals surface area contributed by atoms with E-state index >= 15 is 0 Å². The number of aromatic nitrogens is 1. The molecule has 0 saturated carbocycles. The number of likely N-dealkylation sites (tertiary alicyclic amines) is 1. The molecular weight excluding hydrogens is 901 g/mol. The number of hydrazine groups is 1. The first-order valence-corrected chi connectivity index (χ1v) is 21.3. The Morgan fingerprint density at radius 1 is 1.08 bits per heavy atom. The molecule has 0 aliphatic carbocycles. The third-order valence-electron chi connectivity index (χ3n) is 10.6. The number of aliphatic imine (C=N–C) groups is 2. The number of benzene rings is 2. The van der Waals surface area contributed by atoms with E-state index in [1.165, 1.54) is 65.0 Å². The Hall–Kier alpha value is -6.40. The average molecular weight is 937 g/mol. The van der Waals surface area contributed by atoms with Crippen LogP contribution in [0, 0.1) is 5.82 Å². The number of rotatable bonds is 13. The summed E-state index contributed by atoms with van der Waals surface area (Å²) in [5.41, 5.74) is 2.34.